The number of nitrogens with zero attached hydrogens (tertiary/aromatic N) is 2. The van der Waals surface area contributed by atoms with E-state index < -0.39 is 0 Å². The van der Waals surface area contributed by atoms with Crippen LogP contribution in [0, 0.1) is 0 Å². The number of rotatable bonds is 8. The molecule has 1 aromatic heterocycles. The molecule has 0 aromatic carbocycles. The Morgan fingerprint density at radius 3 is 2.70 bits per heavy atom. The van der Waals surface area contributed by atoms with Crippen molar-refractivity contribution in [2.45, 2.75) is 39.3 Å². The average molecular weight is 281 g/mol. The summed E-state index contributed by atoms with van der Waals surface area (Å²) in [6, 6.07) is 1.55. The van der Waals surface area contributed by atoms with Crippen molar-refractivity contribution in [3.8, 4) is 0 Å². The number of hydrogen-bond acceptors (Lipinski definition) is 5. The molecule has 1 amide bonds. The molecule has 7 nitrogen and oxygen atoms in total. The minimum absolute atomic E-state index is 0.0630. The van der Waals surface area contributed by atoms with Crippen molar-refractivity contribution >= 4 is 11.6 Å². The number of aromatic nitrogens is 2. The predicted octanol–water partition coefficient (Wildman–Crippen LogP) is -0.0813. The van der Waals surface area contributed by atoms with Crippen molar-refractivity contribution in [1.82, 2.24) is 15.1 Å². The van der Waals surface area contributed by atoms with Gasteiger partial charge >= 0.3 is 0 Å². The van der Waals surface area contributed by atoms with Gasteiger partial charge in [0.1, 0.15) is 6.54 Å². The van der Waals surface area contributed by atoms with Crippen molar-refractivity contribution in [2.24, 2.45) is 5.73 Å². The fourth-order valence-electron chi connectivity index (χ4n) is 1.77. The van der Waals surface area contributed by atoms with E-state index >= 15 is 0 Å². The molecule has 112 valence electrons. The molecule has 0 bridgehead atoms. The monoisotopic (exact) mass is 281 g/mol. The molecule has 4 N–H and O–H groups in total. The lowest BCUT2D eigenvalue weighted by Gasteiger charge is -2.15. The molecule has 7 heteroatoms. The summed E-state index contributed by atoms with van der Waals surface area (Å²) >= 11 is 0. The van der Waals surface area contributed by atoms with Crippen LogP contribution in [0.5, 0.6) is 0 Å². The smallest absolute Gasteiger partial charge is 0.269 e. The van der Waals surface area contributed by atoms with Crippen LogP contribution in [-0.4, -0.2) is 34.8 Å². The van der Waals surface area contributed by atoms with E-state index in [1.807, 2.05) is 13.8 Å². The standard InChI is InChI=1S/C13H23N5O2/c1-3-10(4-2)17-12(19)9-18-13(20)7-11(8-16-18)15-6-5-14/h7-8,10,15H,3-6,9,14H2,1-2H3,(H,17,19). The first kappa shape index (κ1) is 16.2. The van der Waals surface area contributed by atoms with E-state index in [0.717, 1.165) is 17.5 Å². The highest BCUT2D eigenvalue weighted by Gasteiger charge is 2.10. The van der Waals surface area contributed by atoms with Gasteiger partial charge in [0.2, 0.25) is 5.91 Å². The maximum absolute atomic E-state index is 11.8. The molecule has 0 saturated heterocycles. The SMILES string of the molecule is CCC(CC)NC(=O)Cn1ncc(NCCN)cc1=O. The van der Waals surface area contributed by atoms with Gasteiger partial charge < -0.3 is 16.4 Å². The molecule has 0 aliphatic heterocycles. The first-order chi connectivity index (χ1) is 9.60. The van der Waals surface area contributed by atoms with Gasteiger partial charge in [-0.15, -0.1) is 0 Å². The molecule has 0 unspecified atom stereocenters. The molecule has 1 heterocycles. The van der Waals surface area contributed by atoms with Crippen LogP contribution in [0.15, 0.2) is 17.1 Å². The maximum atomic E-state index is 11.8. The molecule has 0 fully saturated rings. The van der Waals surface area contributed by atoms with E-state index in [4.69, 9.17) is 5.73 Å². The summed E-state index contributed by atoms with van der Waals surface area (Å²) in [7, 11) is 0. The van der Waals surface area contributed by atoms with Gasteiger partial charge in [0.15, 0.2) is 0 Å². The quantitative estimate of drug-likeness (QED) is 0.618. The van der Waals surface area contributed by atoms with Gasteiger partial charge in [0.05, 0.1) is 11.9 Å². The molecular weight excluding hydrogens is 258 g/mol. The Labute approximate surface area is 118 Å². The lowest BCUT2D eigenvalue weighted by molar-refractivity contribution is -0.122. The highest BCUT2D eigenvalue weighted by molar-refractivity contribution is 5.75. The molecule has 0 atom stereocenters. The van der Waals surface area contributed by atoms with Crippen LogP contribution in [0.3, 0.4) is 0 Å². The lowest BCUT2D eigenvalue weighted by Crippen LogP contribution is -2.38. The Morgan fingerprint density at radius 2 is 2.15 bits per heavy atom. The number of nitrogens with two attached hydrogens (primary N) is 1. The number of nitrogens with one attached hydrogen (secondary N) is 2. The third kappa shape index (κ3) is 5.00. The van der Waals surface area contributed by atoms with E-state index in [9.17, 15) is 9.59 Å². The van der Waals surface area contributed by atoms with Crippen LogP contribution in [0.4, 0.5) is 5.69 Å². The summed E-state index contributed by atoms with van der Waals surface area (Å²) in [5.74, 6) is -0.198. The van der Waals surface area contributed by atoms with Crippen molar-refractivity contribution in [1.29, 1.82) is 0 Å². The number of anilines is 1. The van der Waals surface area contributed by atoms with Gasteiger partial charge in [-0.1, -0.05) is 13.8 Å². The third-order valence-electron chi connectivity index (χ3n) is 2.99. The van der Waals surface area contributed by atoms with Gasteiger partial charge in [0, 0.05) is 25.2 Å². The average Bonchev–Trinajstić information content (AvgIpc) is 2.45. The van der Waals surface area contributed by atoms with Crippen molar-refractivity contribution in [2.75, 3.05) is 18.4 Å². The fraction of sp³-hybridized carbons (Fsp3) is 0.615. The number of amides is 1. The third-order valence-corrected chi connectivity index (χ3v) is 2.99. The van der Waals surface area contributed by atoms with E-state index in [-0.39, 0.29) is 24.1 Å². The summed E-state index contributed by atoms with van der Waals surface area (Å²) in [6.07, 6.45) is 3.25. The fourth-order valence-corrected chi connectivity index (χ4v) is 1.77. The highest BCUT2D eigenvalue weighted by Crippen LogP contribution is 1.99. The first-order valence-corrected chi connectivity index (χ1v) is 6.91. The van der Waals surface area contributed by atoms with Crippen LogP contribution >= 0.6 is 0 Å². The molecule has 0 aliphatic carbocycles. The highest BCUT2D eigenvalue weighted by atomic mass is 16.2. The van der Waals surface area contributed by atoms with E-state index in [1.54, 1.807) is 0 Å². The van der Waals surface area contributed by atoms with Crippen LogP contribution < -0.4 is 21.9 Å². The second-order valence-electron chi connectivity index (χ2n) is 4.54. The summed E-state index contributed by atoms with van der Waals surface area (Å²) in [5.41, 5.74) is 5.66. The Balaban J connectivity index is 2.64. The van der Waals surface area contributed by atoms with Crippen molar-refractivity contribution < 1.29 is 4.79 Å². The van der Waals surface area contributed by atoms with Crippen LogP contribution in [0.2, 0.25) is 0 Å². The zero-order chi connectivity index (χ0) is 15.0. The van der Waals surface area contributed by atoms with Gasteiger partial charge in [-0.2, -0.15) is 5.10 Å². The molecule has 0 spiro atoms. The van der Waals surface area contributed by atoms with Crippen molar-refractivity contribution in [3.63, 3.8) is 0 Å². The number of carbonyl (C=O) groups is 1. The van der Waals surface area contributed by atoms with Gasteiger partial charge in [-0.25, -0.2) is 4.68 Å². The molecule has 0 radical (unpaired) electrons. The Kier molecular flexibility index (Phi) is 6.72. The zero-order valence-corrected chi connectivity index (χ0v) is 12.1. The Hall–Kier alpha value is -1.89. The second kappa shape index (κ2) is 8.31. The summed E-state index contributed by atoms with van der Waals surface area (Å²) in [4.78, 5) is 23.6. The topological polar surface area (TPSA) is 102 Å². The largest absolute Gasteiger partial charge is 0.382 e. The van der Waals surface area contributed by atoms with E-state index in [1.165, 1.54) is 12.3 Å². The Bertz CT molecular complexity index is 482. The molecule has 0 aliphatic rings. The van der Waals surface area contributed by atoms with Crippen LogP contribution in [0.25, 0.3) is 0 Å². The number of hydrogen-bond donors (Lipinski definition) is 3. The lowest BCUT2D eigenvalue weighted by atomic mass is 10.2. The Morgan fingerprint density at radius 1 is 1.45 bits per heavy atom. The molecule has 0 saturated carbocycles. The second-order valence-corrected chi connectivity index (χ2v) is 4.54. The summed E-state index contributed by atoms with van der Waals surface area (Å²) in [5, 5.41) is 9.81. The normalized spacial score (nSPS) is 10.6. The van der Waals surface area contributed by atoms with E-state index in [2.05, 4.69) is 15.7 Å². The summed E-state index contributed by atoms with van der Waals surface area (Å²) < 4.78 is 1.14. The van der Waals surface area contributed by atoms with Gasteiger partial charge in [-0.05, 0) is 12.8 Å². The predicted molar refractivity (Wildman–Crippen MR) is 78.6 cm³/mol. The maximum Gasteiger partial charge on any atom is 0.269 e. The summed E-state index contributed by atoms with van der Waals surface area (Å²) in [6.45, 7) is 5.00. The molecule has 20 heavy (non-hydrogen) atoms. The number of carbonyl (C=O) groups excluding carboxylic acids is 1. The van der Waals surface area contributed by atoms with Gasteiger partial charge in [0.25, 0.3) is 5.56 Å². The zero-order valence-electron chi connectivity index (χ0n) is 12.1. The molecule has 1 aromatic rings. The van der Waals surface area contributed by atoms with Crippen molar-refractivity contribution in [3.05, 3.63) is 22.6 Å². The van der Waals surface area contributed by atoms with Crippen LogP contribution in [0.1, 0.15) is 26.7 Å². The van der Waals surface area contributed by atoms with Gasteiger partial charge in [-0.3, -0.25) is 9.59 Å². The first-order valence-electron chi connectivity index (χ1n) is 6.91. The van der Waals surface area contributed by atoms with E-state index in [0.29, 0.717) is 18.8 Å². The minimum Gasteiger partial charge on any atom is -0.382 e. The molecule has 1 rings (SSSR count). The van der Waals surface area contributed by atoms with Crippen LogP contribution in [-0.2, 0) is 11.3 Å². The minimum atomic E-state index is -0.313. The molecular formula is C13H23N5O2.